The van der Waals surface area contributed by atoms with E-state index in [1.807, 2.05) is 4.90 Å². The first-order valence-corrected chi connectivity index (χ1v) is 9.93. The smallest absolute Gasteiger partial charge is 0.272 e. The van der Waals surface area contributed by atoms with Gasteiger partial charge in [0, 0.05) is 18.5 Å². The number of rotatable bonds is 5. The van der Waals surface area contributed by atoms with E-state index in [4.69, 9.17) is 14.6 Å². The number of H-pyrrole nitrogens is 1. The maximum absolute atomic E-state index is 12.2. The van der Waals surface area contributed by atoms with E-state index in [1.54, 1.807) is 12.1 Å². The molecule has 2 aromatic rings. The van der Waals surface area contributed by atoms with Gasteiger partial charge >= 0.3 is 0 Å². The fourth-order valence-corrected chi connectivity index (χ4v) is 4.35. The summed E-state index contributed by atoms with van der Waals surface area (Å²) in [6, 6.07) is 3.37. The summed E-state index contributed by atoms with van der Waals surface area (Å²) in [6.45, 7) is 1.26. The van der Waals surface area contributed by atoms with Crippen LogP contribution in [0.2, 0.25) is 0 Å². The van der Waals surface area contributed by atoms with Gasteiger partial charge in [-0.25, -0.2) is 18.7 Å². The lowest BCUT2D eigenvalue weighted by molar-refractivity contribution is 0.356. The number of nitrogens with zero attached hydrogens (tertiary/aromatic N) is 2. The van der Waals surface area contributed by atoms with Crippen LogP contribution in [0.25, 0.3) is 10.8 Å². The lowest BCUT2D eigenvalue weighted by atomic mass is 9.98. The summed E-state index contributed by atoms with van der Waals surface area (Å²) in [5, 5.41) is 13.0. The number of ether oxygens (including phenoxy) is 2. The Balaban J connectivity index is 1.94. The molecule has 142 valence electrons. The molecule has 1 saturated heterocycles. The number of piperidine rings is 1. The van der Waals surface area contributed by atoms with Crippen molar-refractivity contribution in [1.82, 2.24) is 10.2 Å². The second-order valence-electron chi connectivity index (χ2n) is 6.39. The molecule has 10 heteroatoms. The second kappa shape index (κ2) is 7.12. The van der Waals surface area contributed by atoms with Crippen LogP contribution in [0.1, 0.15) is 12.8 Å². The van der Waals surface area contributed by atoms with E-state index in [1.165, 1.54) is 14.2 Å². The van der Waals surface area contributed by atoms with E-state index >= 15 is 0 Å². The first-order chi connectivity index (χ1) is 12.3. The topological polar surface area (TPSA) is 128 Å². The van der Waals surface area contributed by atoms with Crippen LogP contribution in [-0.2, 0) is 10.0 Å². The van der Waals surface area contributed by atoms with Crippen molar-refractivity contribution in [3.63, 3.8) is 0 Å². The highest BCUT2D eigenvalue weighted by Crippen LogP contribution is 2.35. The number of primary sulfonamides is 1. The van der Waals surface area contributed by atoms with E-state index in [-0.39, 0.29) is 17.2 Å². The zero-order chi connectivity index (χ0) is 18.9. The molecule has 1 aromatic heterocycles. The summed E-state index contributed by atoms with van der Waals surface area (Å²) in [4.78, 5) is 14.2. The Morgan fingerprint density at radius 2 is 1.77 bits per heavy atom. The predicted octanol–water partition coefficient (Wildman–Crippen LogP) is 0.445. The molecule has 0 radical (unpaired) electrons. The van der Waals surface area contributed by atoms with E-state index in [2.05, 4.69) is 10.2 Å². The van der Waals surface area contributed by atoms with Crippen LogP contribution in [0.15, 0.2) is 16.9 Å². The minimum atomic E-state index is -3.47. The predicted molar refractivity (Wildman–Crippen MR) is 98.4 cm³/mol. The zero-order valence-corrected chi connectivity index (χ0v) is 15.5. The van der Waals surface area contributed by atoms with Crippen molar-refractivity contribution < 1.29 is 17.9 Å². The average Bonchev–Trinajstić information content (AvgIpc) is 2.60. The van der Waals surface area contributed by atoms with Crippen LogP contribution in [0.3, 0.4) is 0 Å². The summed E-state index contributed by atoms with van der Waals surface area (Å²) in [7, 11) is -0.434. The molecule has 0 bridgehead atoms. The Hall–Kier alpha value is -2.33. The third kappa shape index (κ3) is 3.75. The van der Waals surface area contributed by atoms with Crippen LogP contribution < -0.4 is 25.1 Å². The van der Waals surface area contributed by atoms with Crippen LogP contribution in [0.4, 0.5) is 5.82 Å². The molecule has 0 atom stereocenters. The molecular formula is C16H22N4O5S. The third-order valence-electron chi connectivity index (χ3n) is 4.65. The van der Waals surface area contributed by atoms with E-state index in [9.17, 15) is 13.2 Å². The van der Waals surface area contributed by atoms with Gasteiger partial charge in [0.05, 0.1) is 25.4 Å². The molecule has 0 unspecified atom stereocenters. The van der Waals surface area contributed by atoms with Crippen molar-refractivity contribution >= 4 is 26.6 Å². The van der Waals surface area contributed by atoms with E-state index < -0.39 is 10.0 Å². The maximum Gasteiger partial charge on any atom is 0.272 e. The normalized spacial score (nSPS) is 16.0. The van der Waals surface area contributed by atoms with Gasteiger partial charge in [0.2, 0.25) is 10.0 Å². The Kier molecular flexibility index (Phi) is 5.05. The minimum Gasteiger partial charge on any atom is -0.493 e. The molecule has 0 saturated carbocycles. The lowest BCUT2D eigenvalue weighted by Gasteiger charge is -2.32. The van der Waals surface area contributed by atoms with Gasteiger partial charge in [0.1, 0.15) is 0 Å². The van der Waals surface area contributed by atoms with Gasteiger partial charge < -0.3 is 14.4 Å². The molecule has 1 aromatic carbocycles. The first kappa shape index (κ1) is 18.5. The fourth-order valence-electron chi connectivity index (χ4n) is 3.36. The summed E-state index contributed by atoms with van der Waals surface area (Å²) in [5.41, 5.74) is -0.311. The standard InChI is InChI=1S/C16H22N4O5S/c1-24-13-7-11-12(8-14(13)25-2)16(21)19-18-15(11)20-5-3-10(4-6-20)9-26(17,22)23/h7-8,10H,3-6,9H2,1-2H3,(H,19,21)(H2,17,22,23). The molecule has 0 amide bonds. The number of anilines is 1. The molecule has 0 spiro atoms. The number of benzene rings is 1. The molecule has 0 aliphatic carbocycles. The highest BCUT2D eigenvalue weighted by atomic mass is 32.2. The van der Waals surface area contributed by atoms with Crippen LogP contribution in [0.5, 0.6) is 11.5 Å². The molecule has 1 aliphatic heterocycles. The summed E-state index contributed by atoms with van der Waals surface area (Å²) < 4.78 is 33.2. The molecule has 3 rings (SSSR count). The summed E-state index contributed by atoms with van der Waals surface area (Å²) >= 11 is 0. The SMILES string of the molecule is COc1cc2c(N3CCC(CS(N)(=O)=O)CC3)n[nH]c(=O)c2cc1OC. The number of fused-ring (bicyclic) bond motifs is 1. The monoisotopic (exact) mass is 382 g/mol. The minimum absolute atomic E-state index is 0.00827. The van der Waals surface area contributed by atoms with Gasteiger partial charge in [-0.15, -0.1) is 0 Å². The number of nitrogens with two attached hydrogens (primary N) is 1. The molecule has 1 aliphatic rings. The zero-order valence-electron chi connectivity index (χ0n) is 14.7. The number of hydrogen-bond acceptors (Lipinski definition) is 7. The van der Waals surface area contributed by atoms with Crippen molar-refractivity contribution in [2.75, 3.05) is 38.0 Å². The highest BCUT2D eigenvalue weighted by Gasteiger charge is 2.25. The number of hydrogen-bond donors (Lipinski definition) is 2. The Morgan fingerprint density at radius 3 is 2.31 bits per heavy atom. The molecule has 9 nitrogen and oxygen atoms in total. The van der Waals surface area contributed by atoms with Crippen molar-refractivity contribution in [3.05, 3.63) is 22.5 Å². The number of aromatic nitrogens is 2. The Bertz CT molecular complexity index is 964. The molecular weight excluding hydrogens is 360 g/mol. The molecule has 1 fully saturated rings. The Morgan fingerprint density at radius 1 is 1.19 bits per heavy atom. The fraction of sp³-hybridized carbons (Fsp3) is 0.500. The van der Waals surface area contributed by atoms with Gasteiger partial charge in [-0.1, -0.05) is 0 Å². The molecule has 3 N–H and O–H groups in total. The van der Waals surface area contributed by atoms with Gasteiger partial charge in [-0.2, -0.15) is 5.10 Å². The van der Waals surface area contributed by atoms with Crippen LogP contribution in [-0.4, -0.2) is 51.7 Å². The van der Waals surface area contributed by atoms with E-state index in [0.717, 1.165) is 0 Å². The average molecular weight is 382 g/mol. The summed E-state index contributed by atoms with van der Waals surface area (Å²) in [5.74, 6) is 1.64. The van der Waals surface area contributed by atoms with Gasteiger partial charge in [-0.05, 0) is 30.9 Å². The van der Waals surface area contributed by atoms with Gasteiger partial charge in [-0.3, -0.25) is 4.79 Å². The highest BCUT2D eigenvalue weighted by molar-refractivity contribution is 7.89. The van der Waals surface area contributed by atoms with Gasteiger partial charge in [0.15, 0.2) is 17.3 Å². The van der Waals surface area contributed by atoms with Crippen molar-refractivity contribution in [1.29, 1.82) is 0 Å². The van der Waals surface area contributed by atoms with Crippen molar-refractivity contribution in [3.8, 4) is 11.5 Å². The lowest BCUT2D eigenvalue weighted by Crippen LogP contribution is -2.38. The quantitative estimate of drug-likeness (QED) is 0.768. The Labute approximate surface area is 151 Å². The maximum atomic E-state index is 12.2. The molecule has 2 heterocycles. The number of methoxy groups -OCH3 is 2. The molecule has 26 heavy (non-hydrogen) atoms. The van der Waals surface area contributed by atoms with Crippen molar-refractivity contribution in [2.24, 2.45) is 11.1 Å². The third-order valence-corrected chi connectivity index (χ3v) is 5.59. The largest absolute Gasteiger partial charge is 0.493 e. The first-order valence-electron chi connectivity index (χ1n) is 8.22. The number of sulfonamides is 1. The summed E-state index contributed by atoms with van der Waals surface area (Å²) in [6.07, 6.45) is 1.37. The second-order valence-corrected chi connectivity index (χ2v) is 8.05. The number of nitrogens with one attached hydrogen (secondary N) is 1. The van der Waals surface area contributed by atoms with Gasteiger partial charge in [0.25, 0.3) is 5.56 Å². The van der Waals surface area contributed by atoms with E-state index in [0.29, 0.717) is 54.0 Å². The number of aromatic amines is 1. The van der Waals surface area contributed by atoms with Crippen molar-refractivity contribution in [2.45, 2.75) is 12.8 Å². The van der Waals surface area contributed by atoms with Crippen LogP contribution >= 0.6 is 0 Å². The van der Waals surface area contributed by atoms with Crippen LogP contribution in [0, 0.1) is 5.92 Å².